The summed E-state index contributed by atoms with van der Waals surface area (Å²) in [5, 5.41) is 16.3. The Morgan fingerprint density at radius 1 is 1.67 bits per heavy atom. The van der Waals surface area contributed by atoms with E-state index in [4.69, 9.17) is 5.26 Å². The van der Waals surface area contributed by atoms with Crippen LogP contribution in [0.3, 0.4) is 0 Å². The van der Waals surface area contributed by atoms with E-state index in [1.165, 1.54) is 5.56 Å². The first-order valence-corrected chi connectivity index (χ1v) is 5.26. The lowest BCUT2D eigenvalue weighted by Crippen LogP contribution is -2.27. The second kappa shape index (κ2) is 5.52. The van der Waals surface area contributed by atoms with E-state index in [1.54, 1.807) is 0 Å². The molecule has 0 aliphatic heterocycles. The lowest BCUT2D eigenvalue weighted by atomic mass is 10.1. The lowest BCUT2D eigenvalue weighted by molar-refractivity contribution is 0.504. The maximum Gasteiger partial charge on any atom is 0.0638 e. The minimum Gasteiger partial charge on any atom is -0.309 e. The van der Waals surface area contributed by atoms with E-state index in [0.29, 0.717) is 6.42 Å². The molecule has 1 heterocycles. The molecular formula is C11H18N4. The van der Waals surface area contributed by atoms with Crippen LogP contribution in [0.2, 0.25) is 0 Å². The van der Waals surface area contributed by atoms with Gasteiger partial charge < -0.3 is 5.32 Å². The first-order valence-electron chi connectivity index (χ1n) is 5.26. The van der Waals surface area contributed by atoms with Gasteiger partial charge >= 0.3 is 0 Å². The van der Waals surface area contributed by atoms with Crippen molar-refractivity contribution in [1.82, 2.24) is 15.1 Å². The fourth-order valence-corrected chi connectivity index (χ4v) is 1.55. The van der Waals surface area contributed by atoms with Gasteiger partial charge in [-0.05, 0) is 13.3 Å². The summed E-state index contributed by atoms with van der Waals surface area (Å²) in [6.45, 7) is 4.88. The molecule has 0 saturated heterocycles. The molecular weight excluding hydrogens is 188 g/mol. The van der Waals surface area contributed by atoms with E-state index < -0.39 is 0 Å². The molecule has 1 aromatic rings. The highest BCUT2D eigenvalue weighted by Gasteiger charge is 2.07. The molecule has 1 N–H and O–H groups in total. The van der Waals surface area contributed by atoms with Gasteiger partial charge in [0.2, 0.25) is 0 Å². The van der Waals surface area contributed by atoms with Gasteiger partial charge in [-0.2, -0.15) is 10.4 Å². The normalized spacial score (nSPS) is 12.4. The van der Waals surface area contributed by atoms with Gasteiger partial charge in [0.1, 0.15) is 0 Å². The number of rotatable bonds is 5. The Bertz CT molecular complexity index is 348. The molecule has 0 radical (unpaired) electrons. The van der Waals surface area contributed by atoms with Gasteiger partial charge in [-0.1, -0.05) is 6.92 Å². The molecule has 1 atom stereocenters. The van der Waals surface area contributed by atoms with Crippen molar-refractivity contribution in [3.63, 3.8) is 0 Å². The van der Waals surface area contributed by atoms with Gasteiger partial charge in [0.15, 0.2) is 0 Å². The monoisotopic (exact) mass is 206 g/mol. The molecule has 0 spiro atoms. The van der Waals surface area contributed by atoms with Gasteiger partial charge in [0.05, 0.1) is 18.2 Å². The molecule has 4 heteroatoms. The predicted octanol–water partition coefficient (Wildman–Crippen LogP) is 1.51. The molecule has 0 fully saturated rings. The van der Waals surface area contributed by atoms with Gasteiger partial charge in [0, 0.05) is 31.4 Å². The van der Waals surface area contributed by atoms with Crippen LogP contribution in [-0.4, -0.2) is 15.8 Å². The van der Waals surface area contributed by atoms with Crippen LogP contribution >= 0.6 is 0 Å². The van der Waals surface area contributed by atoms with Crippen LogP contribution < -0.4 is 5.32 Å². The Labute approximate surface area is 90.9 Å². The lowest BCUT2D eigenvalue weighted by Gasteiger charge is -2.12. The molecule has 0 aliphatic carbocycles. The maximum absolute atomic E-state index is 8.62. The second-order valence-corrected chi connectivity index (χ2v) is 3.76. The fraction of sp³-hybridized carbons (Fsp3) is 0.636. The molecule has 4 nitrogen and oxygen atoms in total. The molecule has 82 valence electrons. The highest BCUT2D eigenvalue weighted by atomic mass is 15.2. The third-order valence-corrected chi connectivity index (χ3v) is 2.53. The van der Waals surface area contributed by atoms with Crippen LogP contribution in [0.25, 0.3) is 0 Å². The highest BCUT2D eigenvalue weighted by Crippen LogP contribution is 2.05. The van der Waals surface area contributed by atoms with Crippen LogP contribution in [0, 0.1) is 18.3 Å². The summed E-state index contributed by atoms with van der Waals surface area (Å²) in [7, 11) is 1.92. The molecule has 1 unspecified atom stereocenters. The Morgan fingerprint density at radius 2 is 2.40 bits per heavy atom. The average molecular weight is 206 g/mol. The van der Waals surface area contributed by atoms with E-state index in [0.717, 1.165) is 18.7 Å². The Balaban J connectivity index is 2.49. The van der Waals surface area contributed by atoms with Crippen molar-refractivity contribution in [3.8, 4) is 6.07 Å². The molecule has 1 rings (SSSR count). The van der Waals surface area contributed by atoms with Gasteiger partial charge in [0.25, 0.3) is 0 Å². The number of nitriles is 1. The van der Waals surface area contributed by atoms with Gasteiger partial charge in [-0.25, -0.2) is 0 Å². The van der Waals surface area contributed by atoms with Crippen LogP contribution in [0.1, 0.15) is 31.0 Å². The first kappa shape index (κ1) is 11.7. The zero-order valence-electron chi connectivity index (χ0n) is 9.62. The molecule has 0 saturated carbocycles. The number of aryl methyl sites for hydroxylation is 2. The van der Waals surface area contributed by atoms with Crippen LogP contribution in [-0.2, 0) is 13.6 Å². The topological polar surface area (TPSA) is 53.6 Å². The van der Waals surface area contributed by atoms with Crippen LogP contribution in [0.4, 0.5) is 0 Å². The molecule has 1 aromatic heterocycles. The third-order valence-electron chi connectivity index (χ3n) is 2.53. The Hall–Kier alpha value is -1.34. The minimum absolute atomic E-state index is 0.287. The summed E-state index contributed by atoms with van der Waals surface area (Å²) in [4.78, 5) is 0. The SMILES string of the molecule is CCC(CC#N)NCc1cn(C)nc1C. The zero-order valence-corrected chi connectivity index (χ0v) is 9.62. The second-order valence-electron chi connectivity index (χ2n) is 3.76. The minimum atomic E-state index is 0.287. The summed E-state index contributed by atoms with van der Waals surface area (Å²) in [6.07, 6.45) is 3.56. The predicted molar refractivity (Wildman–Crippen MR) is 59.1 cm³/mol. The number of nitrogens with zero attached hydrogens (tertiary/aromatic N) is 3. The van der Waals surface area contributed by atoms with Crippen molar-refractivity contribution in [2.75, 3.05) is 0 Å². The summed E-state index contributed by atoms with van der Waals surface area (Å²) in [5.74, 6) is 0. The molecule has 0 amide bonds. The van der Waals surface area contributed by atoms with E-state index >= 15 is 0 Å². The van der Waals surface area contributed by atoms with Crippen molar-refractivity contribution in [3.05, 3.63) is 17.5 Å². The van der Waals surface area contributed by atoms with Crippen molar-refractivity contribution in [2.45, 2.75) is 39.3 Å². The molecule has 15 heavy (non-hydrogen) atoms. The smallest absolute Gasteiger partial charge is 0.0638 e. The Morgan fingerprint density at radius 3 is 2.87 bits per heavy atom. The number of aromatic nitrogens is 2. The average Bonchev–Trinajstić information content (AvgIpc) is 2.52. The largest absolute Gasteiger partial charge is 0.309 e. The molecule has 0 aromatic carbocycles. The summed E-state index contributed by atoms with van der Waals surface area (Å²) < 4.78 is 1.82. The van der Waals surface area contributed by atoms with Crippen molar-refractivity contribution < 1.29 is 0 Å². The van der Waals surface area contributed by atoms with E-state index in [-0.39, 0.29) is 6.04 Å². The molecule has 0 aliphatic rings. The van der Waals surface area contributed by atoms with E-state index in [9.17, 15) is 0 Å². The maximum atomic E-state index is 8.62. The van der Waals surface area contributed by atoms with Gasteiger partial charge in [-0.3, -0.25) is 4.68 Å². The van der Waals surface area contributed by atoms with Crippen LogP contribution in [0.5, 0.6) is 0 Å². The molecule has 0 bridgehead atoms. The van der Waals surface area contributed by atoms with Crippen molar-refractivity contribution in [1.29, 1.82) is 5.26 Å². The number of hydrogen-bond donors (Lipinski definition) is 1. The van der Waals surface area contributed by atoms with E-state index in [2.05, 4.69) is 23.4 Å². The Kier molecular flexibility index (Phi) is 4.32. The number of hydrogen-bond acceptors (Lipinski definition) is 3. The van der Waals surface area contributed by atoms with Crippen molar-refractivity contribution in [2.24, 2.45) is 7.05 Å². The quantitative estimate of drug-likeness (QED) is 0.794. The summed E-state index contributed by atoms with van der Waals surface area (Å²) in [5.41, 5.74) is 2.26. The summed E-state index contributed by atoms with van der Waals surface area (Å²) in [6, 6.07) is 2.48. The number of nitrogens with one attached hydrogen (secondary N) is 1. The van der Waals surface area contributed by atoms with E-state index in [1.807, 2.05) is 24.9 Å². The van der Waals surface area contributed by atoms with Crippen LogP contribution in [0.15, 0.2) is 6.20 Å². The van der Waals surface area contributed by atoms with Gasteiger partial charge in [-0.15, -0.1) is 0 Å². The fourth-order valence-electron chi connectivity index (χ4n) is 1.55. The van der Waals surface area contributed by atoms with Crippen molar-refractivity contribution >= 4 is 0 Å². The standard InChI is InChI=1S/C11H18N4/c1-4-11(5-6-12)13-7-10-8-15(3)14-9(10)2/h8,11,13H,4-5,7H2,1-3H3. The summed E-state index contributed by atoms with van der Waals surface area (Å²) >= 11 is 0. The highest BCUT2D eigenvalue weighted by molar-refractivity contribution is 5.14. The third kappa shape index (κ3) is 3.37. The first-order chi connectivity index (χ1) is 7.17. The zero-order chi connectivity index (χ0) is 11.3.